The Morgan fingerprint density at radius 3 is 2.80 bits per heavy atom. The van der Waals surface area contributed by atoms with Crippen LogP contribution in [-0.2, 0) is 25.7 Å². The Kier molecular flexibility index (Phi) is 7.10. The minimum absolute atomic E-state index is 0.0123. The van der Waals surface area contributed by atoms with E-state index in [4.69, 9.17) is 31.5 Å². The lowest BCUT2D eigenvalue weighted by molar-refractivity contribution is -0.201. The maximum atomic E-state index is 13.8. The molecule has 2 aromatic carbocycles. The molecule has 0 amide bonds. The molecule has 0 unspecified atom stereocenters. The van der Waals surface area contributed by atoms with E-state index in [-0.39, 0.29) is 30.1 Å². The summed E-state index contributed by atoms with van der Waals surface area (Å²) in [7, 11) is 0. The first-order valence-electron chi connectivity index (χ1n) is 15.4. The van der Waals surface area contributed by atoms with Gasteiger partial charge in [0.1, 0.15) is 19.0 Å². The number of rotatable bonds is 6. The third-order valence-corrected chi connectivity index (χ3v) is 11.5. The highest BCUT2D eigenvalue weighted by molar-refractivity contribution is 6.30. The van der Waals surface area contributed by atoms with E-state index < -0.39 is 47.3 Å². The lowest BCUT2D eigenvalue weighted by Crippen LogP contribution is -2.63. The largest absolute Gasteiger partial charge is 0.489 e. The highest BCUT2D eigenvalue weighted by Gasteiger charge is 2.75. The first-order valence-corrected chi connectivity index (χ1v) is 15.7. The molecular weight excluding hydrogens is 582 g/mol. The second-order valence-electron chi connectivity index (χ2n) is 13.6. The number of Topliss-reactive ketones (excluding diaryl/α,β-unsaturated/α-hetero) is 1. The number of anilines is 1. The maximum absolute atomic E-state index is 13.8. The molecule has 4 aliphatic carbocycles. The van der Waals surface area contributed by atoms with Crippen molar-refractivity contribution in [3.05, 3.63) is 82.4 Å². The minimum Gasteiger partial charge on any atom is -0.489 e. The Morgan fingerprint density at radius 2 is 2.02 bits per heavy atom. The van der Waals surface area contributed by atoms with Gasteiger partial charge in [0.05, 0.1) is 12.2 Å². The number of nitrogen functional groups attached to an aromatic ring is 1. The van der Waals surface area contributed by atoms with Gasteiger partial charge in [0.25, 0.3) is 0 Å². The van der Waals surface area contributed by atoms with Gasteiger partial charge < -0.3 is 30.2 Å². The van der Waals surface area contributed by atoms with Crippen molar-refractivity contribution in [2.75, 3.05) is 12.3 Å². The fraction of sp³-hybridized carbons (Fsp3) is 0.486. The van der Waals surface area contributed by atoms with Crippen molar-refractivity contribution in [2.24, 2.45) is 28.6 Å². The fourth-order valence-electron chi connectivity index (χ4n) is 9.49. The number of hydrogen-bond donors (Lipinski definition) is 3. The molecule has 44 heavy (non-hydrogen) atoms. The lowest BCUT2D eigenvalue weighted by atomic mass is 9.46. The highest BCUT2D eigenvalue weighted by atomic mass is 35.5. The quantitative estimate of drug-likeness (QED) is 0.381. The van der Waals surface area contributed by atoms with E-state index in [9.17, 15) is 19.8 Å². The smallest absolute Gasteiger partial charge is 0.193 e. The molecule has 3 saturated carbocycles. The maximum Gasteiger partial charge on any atom is 0.193 e. The molecule has 9 heteroatoms. The van der Waals surface area contributed by atoms with E-state index in [0.29, 0.717) is 34.9 Å². The molecule has 1 saturated heterocycles. The van der Waals surface area contributed by atoms with Crippen LogP contribution in [0, 0.1) is 28.6 Å². The van der Waals surface area contributed by atoms with Crippen LogP contribution < -0.4 is 10.5 Å². The molecule has 1 heterocycles. The summed E-state index contributed by atoms with van der Waals surface area (Å²) < 4.78 is 19.3. The van der Waals surface area contributed by atoms with Gasteiger partial charge in [-0.15, -0.1) is 0 Å². The summed E-state index contributed by atoms with van der Waals surface area (Å²) in [5.41, 5.74) is 6.46. The van der Waals surface area contributed by atoms with E-state index in [1.54, 1.807) is 30.4 Å². The standard InChI is InChI=1S/C35H38ClNO7/c1-33-9-8-24(39)13-21(33)6-7-26-27-15-30-35(29(41)17-38,34(27,2)16-28(40)31(26)33)44-32(43-30)20-11-22(36)14-25(12-20)42-18-19-4-3-5-23(37)10-19/h3-5,8-14,26-28,30-32,38,40H,6-7,15-18,37H2,1-2H3/t26-,27-,28-,30+,31+,32+,33-,34-,35+/m0/s1. The van der Waals surface area contributed by atoms with Gasteiger partial charge >= 0.3 is 0 Å². The van der Waals surface area contributed by atoms with Gasteiger partial charge in [-0.25, -0.2) is 0 Å². The van der Waals surface area contributed by atoms with Crippen molar-refractivity contribution in [1.82, 2.24) is 0 Å². The lowest BCUT2D eigenvalue weighted by Gasteiger charge is -2.59. The van der Waals surface area contributed by atoms with Crippen molar-refractivity contribution in [1.29, 1.82) is 0 Å². The molecule has 4 fully saturated rings. The number of ether oxygens (including phenoxy) is 3. The minimum atomic E-state index is -1.44. The third kappa shape index (κ3) is 4.33. The first-order chi connectivity index (χ1) is 21.0. The van der Waals surface area contributed by atoms with E-state index in [1.165, 1.54) is 0 Å². The second-order valence-corrected chi connectivity index (χ2v) is 14.0. The molecule has 9 atom stereocenters. The number of aliphatic hydroxyl groups excluding tert-OH is 2. The summed E-state index contributed by atoms with van der Waals surface area (Å²) in [4.78, 5) is 26.0. The number of carbonyl (C=O) groups excluding carboxylic acids is 2. The number of benzene rings is 2. The summed E-state index contributed by atoms with van der Waals surface area (Å²) in [6.45, 7) is 3.72. The van der Waals surface area contributed by atoms with Crippen molar-refractivity contribution < 1.29 is 34.0 Å². The zero-order chi connectivity index (χ0) is 31.0. The second kappa shape index (κ2) is 10.5. The Morgan fingerprint density at radius 1 is 1.20 bits per heavy atom. The van der Waals surface area contributed by atoms with Gasteiger partial charge in [0, 0.05) is 33.0 Å². The molecule has 1 aliphatic heterocycles. The van der Waals surface area contributed by atoms with E-state index >= 15 is 0 Å². The van der Waals surface area contributed by atoms with Crippen LogP contribution in [0.1, 0.15) is 56.9 Å². The molecule has 0 radical (unpaired) electrons. The van der Waals surface area contributed by atoms with Crippen LogP contribution in [0.4, 0.5) is 5.69 Å². The van der Waals surface area contributed by atoms with Crippen molar-refractivity contribution >= 4 is 28.9 Å². The zero-order valence-corrected chi connectivity index (χ0v) is 25.6. The summed E-state index contributed by atoms with van der Waals surface area (Å²) >= 11 is 6.51. The number of fused-ring (bicyclic) bond motifs is 7. The van der Waals surface area contributed by atoms with Crippen molar-refractivity contribution in [2.45, 2.75) is 70.2 Å². The van der Waals surface area contributed by atoms with E-state index in [0.717, 1.165) is 24.0 Å². The molecule has 0 bridgehead atoms. The van der Waals surface area contributed by atoms with E-state index in [2.05, 4.69) is 6.92 Å². The van der Waals surface area contributed by atoms with Crippen LogP contribution in [0.25, 0.3) is 0 Å². The summed E-state index contributed by atoms with van der Waals surface area (Å²) in [5, 5.41) is 22.5. The molecular formula is C35H38ClNO7. The molecule has 0 aromatic heterocycles. The monoisotopic (exact) mass is 619 g/mol. The number of hydrogen-bond acceptors (Lipinski definition) is 8. The first kappa shape index (κ1) is 29.7. The molecule has 5 aliphatic rings. The van der Waals surface area contributed by atoms with Crippen molar-refractivity contribution in [3.8, 4) is 5.75 Å². The Hall–Kier alpha value is -3.01. The Balaban J connectivity index is 1.19. The number of ketones is 2. The van der Waals surface area contributed by atoms with Crippen LogP contribution >= 0.6 is 11.6 Å². The van der Waals surface area contributed by atoms with Crippen LogP contribution in [0.2, 0.25) is 5.02 Å². The van der Waals surface area contributed by atoms with Gasteiger partial charge in [0.2, 0.25) is 0 Å². The zero-order valence-electron chi connectivity index (χ0n) is 24.9. The van der Waals surface area contributed by atoms with Gasteiger partial charge in [-0.1, -0.05) is 49.2 Å². The molecule has 2 aromatic rings. The number of nitrogens with two attached hydrogens (primary N) is 1. The van der Waals surface area contributed by atoms with Gasteiger partial charge in [-0.05, 0) is 85.6 Å². The third-order valence-electron chi connectivity index (χ3n) is 11.3. The van der Waals surface area contributed by atoms with Crippen LogP contribution in [0.3, 0.4) is 0 Å². The summed E-state index contributed by atoms with van der Waals surface area (Å²) in [5.74, 6) is 0.0566. The van der Waals surface area contributed by atoms with Crippen LogP contribution in [-0.4, -0.2) is 46.2 Å². The van der Waals surface area contributed by atoms with Gasteiger partial charge in [-0.3, -0.25) is 9.59 Å². The SMILES string of the molecule is C[C@]12C=CC(=O)C=C1CC[C@@H]1[C@@H]2[C@@H](O)C[C@@]2(C)[C@H]1C[C@H]1O[C@@H](c3cc(Cl)cc(OCc4cccc(N)c4)c3)O[C@]12C(=O)CO. The molecule has 232 valence electrons. The Bertz CT molecular complexity index is 1590. The number of halogens is 1. The molecule has 0 spiro atoms. The molecule has 7 rings (SSSR count). The summed E-state index contributed by atoms with van der Waals surface area (Å²) in [6, 6.07) is 12.7. The van der Waals surface area contributed by atoms with Crippen LogP contribution in [0.5, 0.6) is 5.75 Å². The molecule has 4 N–H and O–H groups in total. The van der Waals surface area contributed by atoms with Crippen LogP contribution in [0.15, 0.2) is 66.3 Å². The molecule has 8 nitrogen and oxygen atoms in total. The highest BCUT2D eigenvalue weighted by Crippen LogP contribution is 2.70. The predicted molar refractivity (Wildman–Crippen MR) is 164 cm³/mol. The van der Waals surface area contributed by atoms with Crippen molar-refractivity contribution in [3.63, 3.8) is 0 Å². The Labute approximate surface area is 261 Å². The normalized spacial score (nSPS) is 38.8. The number of allylic oxidation sites excluding steroid dienone is 4. The average Bonchev–Trinajstić information content (AvgIpc) is 3.49. The van der Waals surface area contributed by atoms with E-state index in [1.807, 2.05) is 37.3 Å². The predicted octanol–water partition coefficient (Wildman–Crippen LogP) is 5.10. The fourth-order valence-corrected chi connectivity index (χ4v) is 9.72. The number of aliphatic hydroxyl groups is 2. The van der Waals surface area contributed by atoms with Gasteiger partial charge in [0.15, 0.2) is 23.5 Å². The topological polar surface area (TPSA) is 128 Å². The van der Waals surface area contributed by atoms with Gasteiger partial charge in [-0.2, -0.15) is 0 Å². The number of carbonyl (C=O) groups is 2. The summed E-state index contributed by atoms with van der Waals surface area (Å²) in [6.07, 6.45) is 5.46. The average molecular weight is 620 g/mol.